The van der Waals surface area contributed by atoms with Crippen molar-refractivity contribution in [2.45, 2.75) is 18.9 Å². The molecule has 0 radical (unpaired) electrons. The average Bonchev–Trinajstić information content (AvgIpc) is 3.26. The average molecular weight is 379 g/mol. The topological polar surface area (TPSA) is 82.5 Å². The van der Waals surface area contributed by atoms with Gasteiger partial charge in [0.2, 0.25) is 0 Å². The van der Waals surface area contributed by atoms with E-state index < -0.39 is 0 Å². The van der Waals surface area contributed by atoms with E-state index >= 15 is 0 Å². The zero-order valence-electron chi connectivity index (χ0n) is 15.6. The molecule has 28 heavy (non-hydrogen) atoms. The predicted octanol–water partition coefficient (Wildman–Crippen LogP) is 2.30. The Labute approximate surface area is 161 Å². The van der Waals surface area contributed by atoms with Crippen molar-refractivity contribution in [3.63, 3.8) is 0 Å². The molecule has 2 heterocycles. The molecule has 0 saturated carbocycles. The molecule has 4 rings (SSSR count). The number of aromatic nitrogens is 2. The normalized spacial score (nSPS) is 16.2. The standard InChI is InChI=1S/C21H21N3O4/c1-27-15-7-4-6-14(12-15)24-21(26)18-10-3-2-9-17(18)19(23-24)20(25)22-13-16-8-5-11-28-16/h2-4,6-7,9-10,12,16H,5,8,11,13H2,1H3,(H,22,25)/t16-/m0/s1. The van der Waals surface area contributed by atoms with E-state index in [2.05, 4.69) is 10.4 Å². The van der Waals surface area contributed by atoms with Gasteiger partial charge in [0, 0.05) is 24.6 Å². The molecule has 1 N–H and O–H groups in total. The number of carbonyl (C=O) groups excluding carboxylic acids is 1. The summed E-state index contributed by atoms with van der Waals surface area (Å²) in [6.07, 6.45) is 1.96. The Bertz CT molecular complexity index is 1070. The number of fused-ring (bicyclic) bond motifs is 1. The summed E-state index contributed by atoms with van der Waals surface area (Å²) in [4.78, 5) is 25.8. The second-order valence-electron chi connectivity index (χ2n) is 6.66. The largest absolute Gasteiger partial charge is 0.497 e. The van der Waals surface area contributed by atoms with E-state index in [0.717, 1.165) is 19.4 Å². The van der Waals surface area contributed by atoms with Crippen LogP contribution in [0.1, 0.15) is 23.3 Å². The predicted molar refractivity (Wildman–Crippen MR) is 105 cm³/mol. The van der Waals surface area contributed by atoms with Gasteiger partial charge in [-0.2, -0.15) is 9.78 Å². The fourth-order valence-corrected chi connectivity index (χ4v) is 3.37. The van der Waals surface area contributed by atoms with Gasteiger partial charge < -0.3 is 14.8 Å². The summed E-state index contributed by atoms with van der Waals surface area (Å²) in [5, 5.41) is 8.23. The van der Waals surface area contributed by atoms with Crippen molar-refractivity contribution in [3.05, 3.63) is 64.6 Å². The second-order valence-corrected chi connectivity index (χ2v) is 6.66. The number of amides is 1. The Balaban J connectivity index is 1.77. The van der Waals surface area contributed by atoms with E-state index in [1.165, 1.54) is 4.68 Å². The summed E-state index contributed by atoms with van der Waals surface area (Å²) < 4.78 is 12.0. The van der Waals surface area contributed by atoms with Gasteiger partial charge >= 0.3 is 0 Å². The lowest BCUT2D eigenvalue weighted by Gasteiger charge is -2.13. The SMILES string of the molecule is COc1cccc(-n2nc(C(=O)NC[C@@H]3CCCO3)c3ccccc3c2=O)c1. The highest BCUT2D eigenvalue weighted by Crippen LogP contribution is 2.18. The van der Waals surface area contributed by atoms with E-state index in [0.29, 0.717) is 28.8 Å². The van der Waals surface area contributed by atoms with E-state index in [9.17, 15) is 9.59 Å². The third kappa shape index (κ3) is 3.48. The molecule has 1 aliphatic heterocycles. The summed E-state index contributed by atoms with van der Waals surface area (Å²) in [5.74, 6) is 0.270. The Morgan fingerprint density at radius 1 is 1.25 bits per heavy atom. The van der Waals surface area contributed by atoms with E-state index in [1.54, 1.807) is 55.6 Å². The van der Waals surface area contributed by atoms with Crippen LogP contribution in [0, 0.1) is 0 Å². The Hall–Kier alpha value is -3.19. The number of benzene rings is 2. The van der Waals surface area contributed by atoms with Gasteiger partial charge in [0.05, 0.1) is 24.3 Å². The fraction of sp³-hybridized carbons (Fsp3) is 0.286. The first-order valence-electron chi connectivity index (χ1n) is 9.23. The maximum Gasteiger partial charge on any atom is 0.279 e. The Morgan fingerprint density at radius 2 is 2.07 bits per heavy atom. The van der Waals surface area contributed by atoms with Crippen LogP contribution in [0.2, 0.25) is 0 Å². The molecule has 1 saturated heterocycles. The maximum absolute atomic E-state index is 13.0. The quantitative estimate of drug-likeness (QED) is 0.736. The first kappa shape index (κ1) is 18.2. The number of rotatable bonds is 5. The minimum atomic E-state index is -0.330. The van der Waals surface area contributed by atoms with Gasteiger partial charge in [0.1, 0.15) is 5.75 Å². The third-order valence-electron chi connectivity index (χ3n) is 4.83. The Morgan fingerprint density at radius 3 is 2.82 bits per heavy atom. The lowest BCUT2D eigenvalue weighted by molar-refractivity contribution is 0.0854. The van der Waals surface area contributed by atoms with Crippen molar-refractivity contribution in [1.82, 2.24) is 15.1 Å². The highest BCUT2D eigenvalue weighted by atomic mass is 16.5. The number of nitrogens with one attached hydrogen (secondary N) is 1. The van der Waals surface area contributed by atoms with Crippen LogP contribution in [0.5, 0.6) is 5.75 Å². The van der Waals surface area contributed by atoms with Crippen LogP contribution >= 0.6 is 0 Å². The van der Waals surface area contributed by atoms with Crippen LogP contribution in [-0.2, 0) is 4.74 Å². The summed E-state index contributed by atoms with van der Waals surface area (Å²) in [7, 11) is 1.56. The summed E-state index contributed by atoms with van der Waals surface area (Å²) >= 11 is 0. The van der Waals surface area contributed by atoms with Crippen LogP contribution < -0.4 is 15.6 Å². The molecule has 144 valence electrons. The molecule has 7 nitrogen and oxygen atoms in total. The zero-order chi connectivity index (χ0) is 19.5. The minimum absolute atomic E-state index is 0.0273. The Kier molecular flexibility index (Phi) is 5.08. The number of carbonyl (C=O) groups is 1. The van der Waals surface area contributed by atoms with Gasteiger partial charge in [-0.15, -0.1) is 0 Å². The molecule has 0 unspecified atom stereocenters. The number of nitrogens with zero attached hydrogens (tertiary/aromatic N) is 2. The lowest BCUT2D eigenvalue weighted by Crippen LogP contribution is -2.34. The van der Waals surface area contributed by atoms with Crippen molar-refractivity contribution in [2.24, 2.45) is 0 Å². The molecule has 1 atom stereocenters. The first-order valence-corrected chi connectivity index (χ1v) is 9.23. The van der Waals surface area contributed by atoms with Crippen molar-refractivity contribution in [2.75, 3.05) is 20.3 Å². The summed E-state index contributed by atoms with van der Waals surface area (Å²) in [6.45, 7) is 1.15. The maximum atomic E-state index is 13.0. The molecule has 0 bridgehead atoms. The van der Waals surface area contributed by atoms with Gasteiger partial charge in [-0.1, -0.05) is 24.3 Å². The third-order valence-corrected chi connectivity index (χ3v) is 4.83. The molecule has 7 heteroatoms. The smallest absolute Gasteiger partial charge is 0.279 e. The minimum Gasteiger partial charge on any atom is -0.497 e. The monoisotopic (exact) mass is 379 g/mol. The molecule has 1 fully saturated rings. The van der Waals surface area contributed by atoms with Crippen LogP contribution in [0.15, 0.2) is 53.3 Å². The molecular formula is C21H21N3O4. The molecule has 0 spiro atoms. The number of ether oxygens (including phenoxy) is 2. The van der Waals surface area contributed by atoms with Crippen molar-refractivity contribution < 1.29 is 14.3 Å². The molecule has 3 aromatic rings. The fourth-order valence-electron chi connectivity index (χ4n) is 3.37. The summed E-state index contributed by atoms with van der Waals surface area (Å²) in [6, 6.07) is 14.0. The number of hydrogen-bond acceptors (Lipinski definition) is 5. The molecule has 1 amide bonds. The van der Waals surface area contributed by atoms with Crippen molar-refractivity contribution >= 4 is 16.7 Å². The number of methoxy groups -OCH3 is 1. The van der Waals surface area contributed by atoms with E-state index in [-0.39, 0.29) is 23.3 Å². The van der Waals surface area contributed by atoms with Crippen molar-refractivity contribution in [1.29, 1.82) is 0 Å². The van der Waals surface area contributed by atoms with Gasteiger partial charge in [0.15, 0.2) is 5.69 Å². The van der Waals surface area contributed by atoms with Crippen LogP contribution in [0.25, 0.3) is 16.5 Å². The molecular weight excluding hydrogens is 358 g/mol. The highest BCUT2D eigenvalue weighted by molar-refractivity contribution is 6.04. The molecule has 1 aliphatic rings. The van der Waals surface area contributed by atoms with Crippen LogP contribution in [0.3, 0.4) is 0 Å². The van der Waals surface area contributed by atoms with Gasteiger partial charge in [0.25, 0.3) is 11.5 Å². The van der Waals surface area contributed by atoms with Gasteiger partial charge in [-0.3, -0.25) is 9.59 Å². The van der Waals surface area contributed by atoms with Crippen LogP contribution in [-0.4, -0.2) is 42.1 Å². The molecule has 1 aromatic heterocycles. The first-order chi connectivity index (χ1) is 13.7. The lowest BCUT2D eigenvalue weighted by atomic mass is 10.1. The van der Waals surface area contributed by atoms with Gasteiger partial charge in [-0.05, 0) is 31.0 Å². The number of hydrogen-bond donors (Lipinski definition) is 1. The van der Waals surface area contributed by atoms with E-state index in [4.69, 9.17) is 9.47 Å². The van der Waals surface area contributed by atoms with Gasteiger partial charge in [-0.25, -0.2) is 0 Å². The van der Waals surface area contributed by atoms with E-state index in [1.807, 2.05) is 0 Å². The zero-order valence-corrected chi connectivity index (χ0v) is 15.6. The van der Waals surface area contributed by atoms with Crippen LogP contribution in [0.4, 0.5) is 0 Å². The highest BCUT2D eigenvalue weighted by Gasteiger charge is 2.20. The second kappa shape index (κ2) is 7.82. The molecule has 2 aromatic carbocycles. The molecule has 0 aliphatic carbocycles. The summed E-state index contributed by atoms with van der Waals surface area (Å²) in [5.41, 5.74) is 0.443. The van der Waals surface area contributed by atoms with Crippen molar-refractivity contribution in [3.8, 4) is 11.4 Å².